The summed E-state index contributed by atoms with van der Waals surface area (Å²) in [5.74, 6) is -0.308. The van der Waals surface area contributed by atoms with Crippen molar-refractivity contribution in [2.75, 3.05) is 0 Å². The Balaban J connectivity index is 1.64. The smallest absolute Gasteiger partial charge is 0.368 e. The summed E-state index contributed by atoms with van der Waals surface area (Å²) < 4.78 is 39.2. The third kappa shape index (κ3) is 6.70. The first-order valence-corrected chi connectivity index (χ1v) is 12.2. The molecule has 2 aromatic carbocycles. The highest BCUT2D eigenvalue weighted by atomic mass is 19.4. The van der Waals surface area contributed by atoms with Crippen LogP contribution in [0, 0.1) is 0 Å². The molecule has 0 aliphatic carbocycles. The number of hydrogen-bond acceptors (Lipinski definition) is 6. The van der Waals surface area contributed by atoms with E-state index in [1.54, 1.807) is 30.5 Å². The number of halogens is 3. The van der Waals surface area contributed by atoms with Gasteiger partial charge in [0.1, 0.15) is 0 Å². The summed E-state index contributed by atoms with van der Waals surface area (Å²) in [4.78, 5) is 26.6. The number of amides is 1. The first-order valence-electron chi connectivity index (χ1n) is 12.2. The lowest BCUT2D eigenvalue weighted by Gasteiger charge is -2.14. The van der Waals surface area contributed by atoms with Crippen LogP contribution in [0.5, 0.6) is 0 Å². The number of pyridine rings is 1. The zero-order valence-electron chi connectivity index (χ0n) is 20.6. The van der Waals surface area contributed by atoms with Crippen LogP contribution in [0.1, 0.15) is 59.5 Å². The monoisotopic (exact) mass is 524 g/mol. The molecule has 4 rings (SSSR count). The van der Waals surface area contributed by atoms with E-state index in [2.05, 4.69) is 15.3 Å². The Hall–Kier alpha value is -3.89. The molecule has 3 N–H and O–H groups in total. The number of carbonyl (C=O) groups excluding carboxylic acids is 1. The molecule has 1 atom stereocenters. The third-order valence-corrected chi connectivity index (χ3v) is 6.09. The lowest BCUT2D eigenvalue weighted by Crippen LogP contribution is -2.27. The number of nitrogens with zero attached hydrogens (tertiary/aromatic N) is 3. The molecular weight excluding hydrogens is 497 g/mol. The van der Waals surface area contributed by atoms with E-state index in [-0.39, 0.29) is 18.4 Å². The molecule has 7 nitrogen and oxygen atoms in total. The molecule has 0 fully saturated rings. The fraction of sp³-hybridized carbons (Fsp3) is 0.286. The minimum atomic E-state index is -4.45. The molecule has 0 aliphatic rings. The Morgan fingerprint density at radius 3 is 2.39 bits per heavy atom. The average Bonchev–Trinajstić information content (AvgIpc) is 2.90. The number of aliphatic hydroxyl groups is 2. The maximum absolute atomic E-state index is 13.1. The minimum Gasteiger partial charge on any atom is -0.368 e. The molecule has 10 heteroatoms. The van der Waals surface area contributed by atoms with E-state index in [0.717, 1.165) is 17.8 Å². The second kappa shape index (κ2) is 11.7. The quantitative estimate of drug-likeness (QED) is 0.205. The number of hydrogen-bond donors (Lipinski definition) is 3. The second-order valence-corrected chi connectivity index (χ2v) is 8.97. The summed E-state index contributed by atoms with van der Waals surface area (Å²) in [6.45, 7) is 1.83. The molecule has 198 valence electrons. The predicted molar refractivity (Wildman–Crippen MR) is 136 cm³/mol. The number of aromatic nitrogens is 3. The molecule has 38 heavy (non-hydrogen) atoms. The first-order chi connectivity index (χ1) is 18.1. The molecule has 1 unspecified atom stereocenters. The SMILES string of the molecule is CC(NC(=O)c1ccc2nc(-c3ccc(C(F)(F)F)cc3)c(CCCCC(O)O)nc2c1)c1ccccn1. The van der Waals surface area contributed by atoms with Crippen LogP contribution in [0.2, 0.25) is 0 Å². The van der Waals surface area contributed by atoms with Gasteiger partial charge in [0.25, 0.3) is 5.91 Å². The Morgan fingerprint density at radius 2 is 1.74 bits per heavy atom. The van der Waals surface area contributed by atoms with Crippen LogP contribution in [0.3, 0.4) is 0 Å². The van der Waals surface area contributed by atoms with Crippen LogP contribution in [-0.2, 0) is 12.6 Å². The van der Waals surface area contributed by atoms with E-state index in [1.807, 2.05) is 19.1 Å². The molecule has 4 aromatic rings. The van der Waals surface area contributed by atoms with Gasteiger partial charge in [-0.25, -0.2) is 9.97 Å². The van der Waals surface area contributed by atoms with Gasteiger partial charge in [0.2, 0.25) is 0 Å². The Morgan fingerprint density at radius 1 is 0.974 bits per heavy atom. The number of alkyl halides is 3. The van der Waals surface area contributed by atoms with Crippen molar-refractivity contribution in [3.8, 4) is 11.3 Å². The van der Waals surface area contributed by atoms with Gasteiger partial charge in [0.05, 0.1) is 39.7 Å². The molecule has 0 aliphatic heterocycles. The molecule has 2 heterocycles. The van der Waals surface area contributed by atoms with Crippen molar-refractivity contribution in [3.63, 3.8) is 0 Å². The van der Waals surface area contributed by atoms with Crippen molar-refractivity contribution in [1.82, 2.24) is 20.3 Å². The highest BCUT2D eigenvalue weighted by Crippen LogP contribution is 2.32. The summed E-state index contributed by atoms with van der Waals surface area (Å²) >= 11 is 0. The fourth-order valence-electron chi connectivity index (χ4n) is 4.06. The van der Waals surface area contributed by atoms with Crippen LogP contribution in [0.4, 0.5) is 13.2 Å². The maximum atomic E-state index is 13.1. The predicted octanol–water partition coefficient (Wildman–Crippen LogP) is 5.23. The molecule has 0 saturated carbocycles. The normalized spacial score (nSPS) is 12.6. The van der Waals surface area contributed by atoms with Crippen molar-refractivity contribution in [2.24, 2.45) is 0 Å². The largest absolute Gasteiger partial charge is 0.416 e. The number of aryl methyl sites for hydroxylation is 1. The van der Waals surface area contributed by atoms with Gasteiger partial charge in [0.15, 0.2) is 6.29 Å². The van der Waals surface area contributed by atoms with Crippen LogP contribution < -0.4 is 5.32 Å². The van der Waals surface area contributed by atoms with Crippen LogP contribution in [0.25, 0.3) is 22.3 Å². The number of nitrogens with one attached hydrogen (secondary N) is 1. The van der Waals surface area contributed by atoms with Gasteiger partial charge < -0.3 is 15.5 Å². The van der Waals surface area contributed by atoms with Crippen molar-refractivity contribution in [2.45, 2.75) is 51.1 Å². The molecule has 0 radical (unpaired) electrons. The summed E-state index contributed by atoms with van der Waals surface area (Å²) in [6.07, 6.45) is -2.53. The van der Waals surface area contributed by atoms with Crippen molar-refractivity contribution in [1.29, 1.82) is 0 Å². The van der Waals surface area contributed by atoms with Gasteiger partial charge in [-0.1, -0.05) is 18.2 Å². The summed E-state index contributed by atoms with van der Waals surface area (Å²) in [6, 6.07) is 14.8. The lowest BCUT2D eigenvalue weighted by atomic mass is 10.0. The summed E-state index contributed by atoms with van der Waals surface area (Å²) in [5.41, 5.74) is 2.77. The molecule has 0 saturated heterocycles. The zero-order valence-corrected chi connectivity index (χ0v) is 20.6. The number of fused-ring (bicyclic) bond motifs is 1. The van der Waals surface area contributed by atoms with E-state index in [9.17, 15) is 18.0 Å². The number of unbranched alkanes of at least 4 members (excludes halogenated alkanes) is 1. The van der Waals surface area contributed by atoms with Gasteiger partial charge in [-0.2, -0.15) is 13.2 Å². The van der Waals surface area contributed by atoms with Gasteiger partial charge >= 0.3 is 6.18 Å². The van der Waals surface area contributed by atoms with E-state index < -0.39 is 18.0 Å². The number of rotatable bonds is 9. The lowest BCUT2D eigenvalue weighted by molar-refractivity contribution is -0.137. The van der Waals surface area contributed by atoms with E-state index in [0.29, 0.717) is 52.8 Å². The second-order valence-electron chi connectivity index (χ2n) is 8.97. The first kappa shape index (κ1) is 27.2. The van der Waals surface area contributed by atoms with Gasteiger partial charge in [-0.05, 0) is 75.1 Å². The van der Waals surface area contributed by atoms with E-state index in [4.69, 9.17) is 15.2 Å². The zero-order chi connectivity index (χ0) is 27.3. The van der Waals surface area contributed by atoms with Gasteiger partial charge in [-0.3, -0.25) is 9.78 Å². The molecule has 0 spiro atoms. The number of carbonyl (C=O) groups is 1. The fourth-order valence-corrected chi connectivity index (χ4v) is 4.06. The topological polar surface area (TPSA) is 108 Å². The van der Waals surface area contributed by atoms with Crippen LogP contribution >= 0.6 is 0 Å². The molecule has 2 aromatic heterocycles. The van der Waals surface area contributed by atoms with Gasteiger partial charge in [0, 0.05) is 17.3 Å². The number of benzene rings is 2. The molecule has 1 amide bonds. The Kier molecular flexibility index (Phi) is 8.33. The van der Waals surface area contributed by atoms with Crippen molar-refractivity contribution >= 4 is 16.9 Å². The van der Waals surface area contributed by atoms with Crippen LogP contribution in [-0.4, -0.2) is 37.4 Å². The van der Waals surface area contributed by atoms with Crippen LogP contribution in [0.15, 0.2) is 66.9 Å². The number of aliphatic hydroxyl groups excluding tert-OH is 1. The van der Waals surface area contributed by atoms with E-state index >= 15 is 0 Å². The summed E-state index contributed by atoms with van der Waals surface area (Å²) in [5, 5.41) is 21.2. The summed E-state index contributed by atoms with van der Waals surface area (Å²) in [7, 11) is 0. The molecular formula is C28H27F3N4O3. The Bertz CT molecular complexity index is 1390. The third-order valence-electron chi connectivity index (χ3n) is 6.09. The standard InChI is InChI=1S/C28H27F3N4O3/c1-17(21-6-4-5-15-32-21)33-27(38)19-11-14-22-24(16-19)34-23(7-2-3-8-25(36)37)26(35-22)18-9-12-20(13-10-18)28(29,30)31/h4-6,9-17,25,36-37H,2-3,7-8H2,1H3,(H,33,38). The van der Waals surface area contributed by atoms with Crippen molar-refractivity contribution in [3.05, 3.63) is 89.4 Å². The average molecular weight is 525 g/mol. The van der Waals surface area contributed by atoms with E-state index in [1.165, 1.54) is 12.1 Å². The van der Waals surface area contributed by atoms with Crippen molar-refractivity contribution < 1.29 is 28.2 Å². The Labute approximate surface area is 217 Å². The molecule has 0 bridgehead atoms. The minimum absolute atomic E-state index is 0.190. The van der Waals surface area contributed by atoms with Gasteiger partial charge in [-0.15, -0.1) is 0 Å². The highest BCUT2D eigenvalue weighted by molar-refractivity contribution is 5.97. The maximum Gasteiger partial charge on any atom is 0.416 e. The highest BCUT2D eigenvalue weighted by Gasteiger charge is 2.30.